The van der Waals surface area contributed by atoms with Gasteiger partial charge in [0, 0.05) is 30.9 Å². The molecule has 1 saturated heterocycles. The minimum atomic E-state index is -2.99. The van der Waals surface area contributed by atoms with Gasteiger partial charge in [-0.1, -0.05) is 48.5 Å². The van der Waals surface area contributed by atoms with Crippen molar-refractivity contribution in [3.05, 3.63) is 65.9 Å². The standard InChI is InChI=1S/C32H40ClN7O6/c1-30(2,3)37-29(45)32(46)31(35,23(33)18-40(32)25(42)16-10-13-19-11-6-5-7-12-19)27(43)21(17-24(34)41)36-28(44)26-20-14-8-9-15-22(20)39(4)38-26/h5-9,11-12,14-15,21,23,46H,10,13,16-18,35H2,1-4H3,(H2,34,41)(H,36,44)(H,37,45)/t21-,23?,31?,32-/m0/s1. The van der Waals surface area contributed by atoms with Crippen molar-refractivity contribution in [3.8, 4) is 0 Å². The summed E-state index contributed by atoms with van der Waals surface area (Å²) >= 11 is 6.67. The number of Topliss-reactive ketones (excluding diaryl/α,β-unsaturated/α-hetero) is 1. The third-order valence-corrected chi connectivity index (χ3v) is 8.50. The summed E-state index contributed by atoms with van der Waals surface area (Å²) in [5, 5.41) is 20.5. The Balaban J connectivity index is 1.69. The second-order valence-corrected chi connectivity index (χ2v) is 13.1. The molecule has 4 atom stereocenters. The third-order valence-electron chi connectivity index (χ3n) is 8.02. The van der Waals surface area contributed by atoms with Crippen LogP contribution in [0.3, 0.4) is 0 Å². The van der Waals surface area contributed by atoms with Crippen molar-refractivity contribution < 1.29 is 29.1 Å². The van der Waals surface area contributed by atoms with E-state index in [1.165, 1.54) is 4.68 Å². The highest BCUT2D eigenvalue weighted by atomic mass is 35.5. The van der Waals surface area contributed by atoms with Crippen molar-refractivity contribution in [2.24, 2.45) is 18.5 Å². The maximum Gasteiger partial charge on any atom is 0.276 e. The molecule has 2 aromatic carbocycles. The second kappa shape index (κ2) is 13.2. The molecule has 246 valence electrons. The van der Waals surface area contributed by atoms with Crippen LogP contribution < -0.4 is 22.1 Å². The highest BCUT2D eigenvalue weighted by molar-refractivity contribution is 6.26. The van der Waals surface area contributed by atoms with Crippen molar-refractivity contribution >= 4 is 51.9 Å². The average molecular weight is 654 g/mol. The van der Waals surface area contributed by atoms with Crippen LogP contribution in [0, 0.1) is 0 Å². The van der Waals surface area contributed by atoms with E-state index in [0.29, 0.717) is 23.7 Å². The van der Waals surface area contributed by atoms with Crippen LogP contribution in [0.5, 0.6) is 0 Å². The molecule has 14 heteroatoms. The van der Waals surface area contributed by atoms with Crippen LogP contribution in [0.15, 0.2) is 54.6 Å². The summed E-state index contributed by atoms with van der Waals surface area (Å²) in [5.41, 5.74) is 7.10. The molecule has 2 heterocycles. The summed E-state index contributed by atoms with van der Waals surface area (Å²) < 4.78 is 1.47. The van der Waals surface area contributed by atoms with Gasteiger partial charge in [-0.2, -0.15) is 5.10 Å². The van der Waals surface area contributed by atoms with Gasteiger partial charge in [-0.25, -0.2) is 0 Å². The Labute approximate surface area is 271 Å². The topological polar surface area (TPSA) is 203 Å². The molecule has 1 aliphatic rings. The minimum Gasteiger partial charge on any atom is -0.370 e. The number of aromatic nitrogens is 2. The normalized spacial score (nSPS) is 22.0. The molecule has 13 nitrogen and oxygen atoms in total. The van der Waals surface area contributed by atoms with E-state index in [1.54, 1.807) is 52.1 Å². The van der Waals surface area contributed by atoms with E-state index in [1.807, 2.05) is 30.3 Å². The average Bonchev–Trinajstić information content (AvgIpc) is 3.44. The number of primary amides is 1. The van der Waals surface area contributed by atoms with Gasteiger partial charge >= 0.3 is 0 Å². The fourth-order valence-corrected chi connectivity index (χ4v) is 6.15. The van der Waals surface area contributed by atoms with Crippen molar-refractivity contribution in [3.63, 3.8) is 0 Å². The first-order valence-corrected chi connectivity index (χ1v) is 15.3. The number of hydrogen-bond donors (Lipinski definition) is 5. The summed E-state index contributed by atoms with van der Waals surface area (Å²) in [6.45, 7) is 4.45. The zero-order valence-corrected chi connectivity index (χ0v) is 27.0. The van der Waals surface area contributed by atoms with Crippen molar-refractivity contribution in [2.45, 2.75) is 74.7 Å². The molecule has 2 unspecified atom stereocenters. The predicted molar refractivity (Wildman–Crippen MR) is 171 cm³/mol. The Hall–Kier alpha value is -4.33. The Kier molecular flexibility index (Phi) is 9.90. The predicted octanol–water partition coefficient (Wildman–Crippen LogP) is 0.890. The fourth-order valence-electron chi connectivity index (χ4n) is 5.75. The first-order chi connectivity index (χ1) is 21.5. The lowest BCUT2D eigenvalue weighted by Gasteiger charge is -2.43. The van der Waals surface area contributed by atoms with Crippen LogP contribution in [0.1, 0.15) is 56.1 Å². The molecule has 0 bridgehead atoms. The smallest absolute Gasteiger partial charge is 0.276 e. The molecule has 4 rings (SSSR count). The van der Waals surface area contributed by atoms with Crippen LogP contribution in [-0.4, -0.2) is 84.0 Å². The lowest BCUT2D eigenvalue weighted by Crippen LogP contribution is -2.78. The molecule has 1 aromatic heterocycles. The molecular weight excluding hydrogens is 614 g/mol. The summed E-state index contributed by atoms with van der Waals surface area (Å²) in [6.07, 6.45) is 0.0775. The number of aryl methyl sites for hydroxylation is 2. The molecular formula is C32H40ClN7O6. The van der Waals surface area contributed by atoms with Crippen LogP contribution in [0.4, 0.5) is 0 Å². The maximum atomic E-state index is 14.4. The largest absolute Gasteiger partial charge is 0.370 e. The quantitative estimate of drug-likeness (QED) is 0.188. The second-order valence-electron chi connectivity index (χ2n) is 12.6. The molecule has 46 heavy (non-hydrogen) atoms. The van der Waals surface area contributed by atoms with E-state index >= 15 is 0 Å². The fraction of sp³-hybridized carbons (Fsp3) is 0.438. The molecule has 3 aromatic rings. The van der Waals surface area contributed by atoms with Crippen LogP contribution in [-0.2, 0) is 32.6 Å². The number of para-hydroxylation sites is 1. The molecule has 1 aliphatic heterocycles. The van der Waals surface area contributed by atoms with Gasteiger partial charge in [0.05, 0.1) is 23.4 Å². The number of nitrogens with two attached hydrogens (primary N) is 2. The number of benzene rings is 2. The van der Waals surface area contributed by atoms with Crippen molar-refractivity contribution in [2.75, 3.05) is 6.54 Å². The highest BCUT2D eigenvalue weighted by Gasteiger charge is 2.71. The molecule has 1 fully saturated rings. The van der Waals surface area contributed by atoms with Gasteiger partial charge in [0.2, 0.25) is 17.5 Å². The van der Waals surface area contributed by atoms with Gasteiger partial charge in [-0.3, -0.25) is 28.7 Å². The van der Waals surface area contributed by atoms with Crippen LogP contribution in [0.2, 0.25) is 0 Å². The molecule has 0 aliphatic carbocycles. The van der Waals surface area contributed by atoms with E-state index in [9.17, 15) is 29.1 Å². The number of rotatable bonds is 11. The minimum absolute atomic E-state index is 0.0451. The monoisotopic (exact) mass is 653 g/mol. The number of fused-ring (bicyclic) bond motifs is 1. The zero-order chi connectivity index (χ0) is 34.0. The summed E-state index contributed by atoms with van der Waals surface area (Å²) in [7, 11) is 1.63. The van der Waals surface area contributed by atoms with Crippen LogP contribution in [0.25, 0.3) is 10.9 Å². The van der Waals surface area contributed by atoms with Crippen molar-refractivity contribution in [1.82, 2.24) is 25.3 Å². The number of hydrogen-bond acceptors (Lipinski definition) is 8. The third kappa shape index (κ3) is 6.62. The van der Waals surface area contributed by atoms with Gasteiger partial charge in [-0.15, -0.1) is 11.6 Å². The number of alkyl halides is 1. The maximum absolute atomic E-state index is 14.4. The number of carbonyl (C=O) groups excluding carboxylic acids is 5. The first kappa shape index (κ1) is 34.5. The van der Waals surface area contributed by atoms with E-state index < -0.39 is 70.6 Å². The number of ketones is 1. The Bertz CT molecular complexity index is 1660. The first-order valence-electron chi connectivity index (χ1n) is 14.9. The van der Waals surface area contributed by atoms with E-state index in [0.717, 1.165) is 10.5 Å². The number of carbonyl (C=O) groups is 5. The number of amides is 4. The molecule has 4 amide bonds. The molecule has 7 N–H and O–H groups in total. The number of aliphatic hydroxyl groups is 1. The van der Waals surface area contributed by atoms with Crippen LogP contribution >= 0.6 is 11.6 Å². The molecule has 0 radical (unpaired) electrons. The number of halogens is 1. The van der Waals surface area contributed by atoms with E-state index in [-0.39, 0.29) is 12.1 Å². The lowest BCUT2D eigenvalue weighted by molar-refractivity contribution is -0.181. The summed E-state index contributed by atoms with van der Waals surface area (Å²) in [5.74, 6) is -4.78. The SMILES string of the molecule is Cn1nc(C(=O)N[C@@H](CC(N)=O)C(=O)C2(N)C(Cl)CN(C(=O)CCCc3ccccc3)[C@]2(O)C(=O)NC(C)(C)C)c2ccccc21. The Morgan fingerprint density at radius 3 is 2.35 bits per heavy atom. The zero-order valence-electron chi connectivity index (χ0n) is 26.2. The van der Waals surface area contributed by atoms with Gasteiger partial charge in [0.1, 0.15) is 0 Å². The van der Waals surface area contributed by atoms with Gasteiger partial charge in [0.15, 0.2) is 17.0 Å². The lowest BCUT2D eigenvalue weighted by atomic mass is 9.78. The van der Waals surface area contributed by atoms with Crippen molar-refractivity contribution in [1.29, 1.82) is 0 Å². The van der Waals surface area contributed by atoms with Gasteiger partial charge in [0.25, 0.3) is 11.8 Å². The Morgan fingerprint density at radius 1 is 1.09 bits per heavy atom. The summed E-state index contributed by atoms with van der Waals surface area (Å²) in [6, 6.07) is 14.6. The van der Waals surface area contributed by atoms with Gasteiger partial charge < -0.3 is 32.1 Å². The Morgan fingerprint density at radius 2 is 1.72 bits per heavy atom. The molecule has 0 spiro atoms. The number of nitrogens with zero attached hydrogens (tertiary/aromatic N) is 3. The van der Waals surface area contributed by atoms with Gasteiger partial charge in [-0.05, 0) is 45.2 Å². The number of nitrogens with one attached hydrogen (secondary N) is 2. The number of likely N-dealkylation sites (tertiary alicyclic amines) is 1. The highest BCUT2D eigenvalue weighted by Crippen LogP contribution is 2.41. The summed E-state index contributed by atoms with van der Waals surface area (Å²) in [4.78, 5) is 68.3. The van der Waals surface area contributed by atoms with E-state index in [2.05, 4.69) is 15.7 Å². The van der Waals surface area contributed by atoms with E-state index in [4.69, 9.17) is 23.1 Å². The molecule has 0 saturated carbocycles.